The van der Waals surface area contributed by atoms with E-state index in [9.17, 15) is 13.2 Å². The molecule has 1 aromatic carbocycles. The minimum absolute atomic E-state index is 0.0425. The zero-order chi connectivity index (χ0) is 16.0. The van der Waals surface area contributed by atoms with Crippen molar-refractivity contribution in [3.05, 3.63) is 28.7 Å². The molecular weight excluding hydrogens is 358 g/mol. The molecule has 0 spiro atoms. The molecule has 0 saturated heterocycles. The lowest BCUT2D eigenvalue weighted by molar-refractivity contribution is -0.138. The number of carbonyl (C=O) groups is 1. The van der Waals surface area contributed by atoms with Crippen molar-refractivity contribution in [1.82, 2.24) is 4.72 Å². The van der Waals surface area contributed by atoms with Gasteiger partial charge in [0.15, 0.2) is 0 Å². The average molecular weight is 378 g/mol. The van der Waals surface area contributed by atoms with Crippen LogP contribution in [0.15, 0.2) is 33.6 Å². The summed E-state index contributed by atoms with van der Waals surface area (Å²) in [7, 11) is -3.62. The van der Waals surface area contributed by atoms with Crippen LogP contribution in [-0.4, -0.2) is 26.0 Å². The van der Waals surface area contributed by atoms with Gasteiger partial charge in [-0.15, -0.1) is 0 Å². The van der Waals surface area contributed by atoms with Crippen LogP contribution in [-0.2, 0) is 14.8 Å². The largest absolute Gasteiger partial charge is 0.481 e. The molecule has 0 amide bonds. The first kappa shape index (κ1) is 18.1. The molecule has 1 rings (SSSR count). The third kappa shape index (κ3) is 6.58. The van der Waals surface area contributed by atoms with Crippen molar-refractivity contribution in [2.75, 3.05) is 6.54 Å². The van der Waals surface area contributed by atoms with Crippen LogP contribution in [0.4, 0.5) is 0 Å². The van der Waals surface area contributed by atoms with Gasteiger partial charge in [0.25, 0.3) is 0 Å². The molecule has 5 nitrogen and oxygen atoms in total. The van der Waals surface area contributed by atoms with Gasteiger partial charge in [0, 0.05) is 17.4 Å². The van der Waals surface area contributed by atoms with E-state index >= 15 is 0 Å². The van der Waals surface area contributed by atoms with Gasteiger partial charge < -0.3 is 5.11 Å². The molecule has 1 atom stereocenters. The van der Waals surface area contributed by atoms with E-state index in [0.717, 1.165) is 0 Å². The molecule has 7 heteroatoms. The number of hydrogen-bond acceptors (Lipinski definition) is 3. The predicted octanol–water partition coefficient (Wildman–Crippen LogP) is 2.86. The summed E-state index contributed by atoms with van der Waals surface area (Å²) < 4.78 is 27.5. The predicted molar refractivity (Wildman–Crippen MR) is 84.5 cm³/mol. The summed E-state index contributed by atoms with van der Waals surface area (Å²) in [6.45, 7) is 4.09. The van der Waals surface area contributed by atoms with E-state index < -0.39 is 16.0 Å². The van der Waals surface area contributed by atoms with Gasteiger partial charge in [0.2, 0.25) is 10.0 Å². The van der Waals surface area contributed by atoms with Gasteiger partial charge in [-0.2, -0.15) is 0 Å². The van der Waals surface area contributed by atoms with Gasteiger partial charge >= 0.3 is 5.97 Å². The van der Waals surface area contributed by atoms with Crippen LogP contribution in [0.5, 0.6) is 0 Å². The normalized spacial score (nSPS) is 13.3. The summed E-state index contributed by atoms with van der Waals surface area (Å²) in [5, 5.41) is 8.90. The fourth-order valence-electron chi connectivity index (χ4n) is 2.10. The highest BCUT2D eigenvalue weighted by Crippen LogP contribution is 2.18. The third-order valence-electron chi connectivity index (χ3n) is 2.94. The number of rotatable bonds is 8. The quantitative estimate of drug-likeness (QED) is 0.729. The minimum atomic E-state index is -3.62. The molecule has 2 N–H and O–H groups in total. The smallest absolute Gasteiger partial charge is 0.303 e. The van der Waals surface area contributed by atoms with Gasteiger partial charge in [-0.05, 0) is 36.5 Å². The number of carboxylic acid groups (broad SMARTS) is 1. The van der Waals surface area contributed by atoms with Gasteiger partial charge in [0.05, 0.1) is 4.90 Å². The van der Waals surface area contributed by atoms with Crippen LogP contribution in [0.3, 0.4) is 0 Å². The molecule has 0 heterocycles. The second-order valence-electron chi connectivity index (χ2n) is 5.40. The summed E-state index contributed by atoms with van der Waals surface area (Å²) in [4.78, 5) is 11.0. The lowest BCUT2D eigenvalue weighted by Gasteiger charge is -2.18. The fourth-order valence-corrected chi connectivity index (χ4v) is 3.81. The zero-order valence-electron chi connectivity index (χ0n) is 12.0. The van der Waals surface area contributed by atoms with Gasteiger partial charge in [-0.3, -0.25) is 4.79 Å². The topological polar surface area (TPSA) is 83.5 Å². The van der Waals surface area contributed by atoms with E-state index in [4.69, 9.17) is 5.11 Å². The molecule has 0 aromatic heterocycles. The van der Waals surface area contributed by atoms with E-state index in [1.807, 2.05) is 13.8 Å². The number of halogens is 1. The summed E-state index contributed by atoms with van der Waals surface area (Å²) in [5.41, 5.74) is 0. The Hall–Kier alpha value is -0.920. The standard InChI is InChI=1S/C14H20BrNO4S/c1-10(2)6-11(7-14(17)18)9-16-21(19,20)13-5-3-4-12(15)8-13/h3-5,8,10-11,16H,6-7,9H2,1-2H3,(H,17,18). The van der Waals surface area contributed by atoms with Crippen LogP contribution < -0.4 is 4.72 Å². The summed E-state index contributed by atoms with van der Waals surface area (Å²) >= 11 is 3.23. The third-order valence-corrected chi connectivity index (χ3v) is 4.85. The Balaban J connectivity index is 2.75. The summed E-state index contributed by atoms with van der Waals surface area (Å²) in [6.07, 6.45) is 0.618. The fraction of sp³-hybridized carbons (Fsp3) is 0.500. The molecule has 21 heavy (non-hydrogen) atoms. The van der Waals surface area contributed by atoms with Gasteiger partial charge in [0.1, 0.15) is 0 Å². The van der Waals surface area contributed by atoms with E-state index in [0.29, 0.717) is 16.8 Å². The maximum absolute atomic E-state index is 12.2. The molecule has 1 unspecified atom stereocenters. The first-order valence-electron chi connectivity index (χ1n) is 6.67. The SMILES string of the molecule is CC(C)CC(CNS(=O)(=O)c1cccc(Br)c1)CC(=O)O. The molecular formula is C14H20BrNO4S. The van der Waals surface area contributed by atoms with Gasteiger partial charge in [-0.25, -0.2) is 13.1 Å². The second kappa shape index (κ2) is 7.91. The highest BCUT2D eigenvalue weighted by Gasteiger charge is 2.20. The molecule has 118 valence electrons. The van der Waals surface area contributed by atoms with E-state index in [1.54, 1.807) is 12.1 Å². The van der Waals surface area contributed by atoms with Crippen molar-refractivity contribution in [3.8, 4) is 0 Å². The van der Waals surface area contributed by atoms with Crippen molar-refractivity contribution in [2.45, 2.75) is 31.6 Å². The Morgan fingerprint density at radius 2 is 2.05 bits per heavy atom. The van der Waals surface area contributed by atoms with Crippen LogP contribution >= 0.6 is 15.9 Å². The highest BCUT2D eigenvalue weighted by molar-refractivity contribution is 9.10. The number of sulfonamides is 1. The molecule has 0 saturated carbocycles. The van der Waals surface area contributed by atoms with Crippen molar-refractivity contribution in [1.29, 1.82) is 0 Å². The van der Waals surface area contributed by atoms with Crippen molar-refractivity contribution >= 4 is 31.9 Å². The lowest BCUT2D eigenvalue weighted by atomic mass is 9.94. The first-order valence-corrected chi connectivity index (χ1v) is 8.95. The minimum Gasteiger partial charge on any atom is -0.481 e. The molecule has 0 fully saturated rings. The van der Waals surface area contributed by atoms with Crippen LogP contribution in [0.1, 0.15) is 26.7 Å². The highest BCUT2D eigenvalue weighted by atomic mass is 79.9. The molecule has 1 aromatic rings. The monoisotopic (exact) mass is 377 g/mol. The Morgan fingerprint density at radius 1 is 1.38 bits per heavy atom. The average Bonchev–Trinajstić information content (AvgIpc) is 2.35. The summed E-state index contributed by atoms with van der Waals surface area (Å²) in [6, 6.07) is 6.39. The van der Waals surface area contributed by atoms with E-state index in [-0.39, 0.29) is 23.8 Å². The molecule has 0 aliphatic carbocycles. The van der Waals surface area contributed by atoms with Crippen LogP contribution in [0.25, 0.3) is 0 Å². The Bertz CT molecular complexity index is 586. The number of nitrogens with one attached hydrogen (secondary N) is 1. The first-order chi connectivity index (χ1) is 9.70. The zero-order valence-corrected chi connectivity index (χ0v) is 14.4. The van der Waals surface area contributed by atoms with Gasteiger partial charge in [-0.1, -0.05) is 35.8 Å². The second-order valence-corrected chi connectivity index (χ2v) is 8.09. The maximum Gasteiger partial charge on any atom is 0.303 e. The maximum atomic E-state index is 12.2. The summed E-state index contributed by atoms with van der Waals surface area (Å²) in [5.74, 6) is -0.823. The van der Waals surface area contributed by atoms with Crippen LogP contribution in [0, 0.1) is 11.8 Å². The van der Waals surface area contributed by atoms with Crippen LogP contribution in [0.2, 0.25) is 0 Å². The van der Waals surface area contributed by atoms with E-state index in [1.165, 1.54) is 12.1 Å². The molecule has 0 aliphatic rings. The van der Waals surface area contributed by atoms with Crippen molar-refractivity contribution in [3.63, 3.8) is 0 Å². The Labute approximate surface area is 133 Å². The van der Waals surface area contributed by atoms with Crippen molar-refractivity contribution < 1.29 is 18.3 Å². The van der Waals surface area contributed by atoms with Crippen molar-refractivity contribution in [2.24, 2.45) is 11.8 Å². The Morgan fingerprint density at radius 3 is 2.57 bits per heavy atom. The number of carboxylic acids is 1. The molecule has 0 aliphatic heterocycles. The molecule has 0 radical (unpaired) electrons. The number of aliphatic carboxylic acids is 1. The molecule has 0 bridgehead atoms. The van der Waals surface area contributed by atoms with E-state index in [2.05, 4.69) is 20.7 Å². The Kier molecular flexibility index (Phi) is 6.83. The lowest BCUT2D eigenvalue weighted by Crippen LogP contribution is -2.31. The number of benzene rings is 1. The number of hydrogen-bond donors (Lipinski definition) is 2.